The van der Waals surface area contributed by atoms with E-state index in [9.17, 15) is 4.79 Å². The number of aliphatic hydroxyl groups is 1. The Kier molecular flexibility index (Phi) is 9.40. The van der Waals surface area contributed by atoms with E-state index in [1.807, 2.05) is 0 Å². The van der Waals surface area contributed by atoms with Gasteiger partial charge in [0.15, 0.2) is 0 Å². The minimum atomic E-state index is -0.0171. The molecular weight excluding hydrogens is 168 g/mol. The average molecular weight is 183 g/mol. The summed E-state index contributed by atoms with van der Waals surface area (Å²) in [4.78, 5) is 12.3. The Hall–Kier alpha value is -0.320. The molecule has 3 N–H and O–H groups in total. The Balaban J connectivity index is 0. The largest absolute Gasteiger partial charge is 0.395 e. The zero-order valence-electron chi connectivity index (χ0n) is 6.62. The maximum Gasteiger partial charge on any atom is 0.223 e. The second-order valence-corrected chi connectivity index (χ2v) is 2.08. The van der Waals surface area contributed by atoms with Gasteiger partial charge in [0.25, 0.3) is 0 Å². The van der Waals surface area contributed by atoms with Crippen LogP contribution >= 0.6 is 12.4 Å². The summed E-state index contributed by atoms with van der Waals surface area (Å²) in [5, 5.41) is 8.43. The van der Waals surface area contributed by atoms with Crippen molar-refractivity contribution in [3.05, 3.63) is 0 Å². The van der Waals surface area contributed by atoms with Gasteiger partial charge in [-0.25, -0.2) is 0 Å². The topological polar surface area (TPSA) is 66.6 Å². The number of carbonyl (C=O) groups is 1. The molecule has 0 aliphatic carbocycles. The molecule has 0 saturated heterocycles. The Morgan fingerprint density at radius 1 is 1.64 bits per heavy atom. The molecule has 0 radical (unpaired) electrons. The lowest BCUT2D eigenvalue weighted by Crippen LogP contribution is -2.30. The van der Waals surface area contributed by atoms with E-state index in [1.165, 1.54) is 4.90 Å². The summed E-state index contributed by atoms with van der Waals surface area (Å²) < 4.78 is 0. The molecule has 0 aliphatic rings. The monoisotopic (exact) mass is 182 g/mol. The maximum absolute atomic E-state index is 10.9. The lowest BCUT2D eigenvalue weighted by Gasteiger charge is -2.14. The van der Waals surface area contributed by atoms with E-state index in [1.54, 1.807) is 7.05 Å². The van der Waals surface area contributed by atoms with E-state index in [0.29, 0.717) is 19.5 Å². The predicted octanol–water partition coefficient (Wildman–Crippen LogP) is -0.792. The third-order valence-electron chi connectivity index (χ3n) is 1.22. The fourth-order valence-electron chi connectivity index (χ4n) is 0.589. The molecule has 0 aromatic heterocycles. The lowest BCUT2D eigenvalue weighted by atomic mass is 10.4. The summed E-state index contributed by atoms with van der Waals surface area (Å²) in [6.07, 6.45) is 0.358. The molecule has 0 aromatic carbocycles. The van der Waals surface area contributed by atoms with E-state index >= 15 is 0 Å². The van der Waals surface area contributed by atoms with Crippen LogP contribution in [0.5, 0.6) is 0 Å². The first-order valence-corrected chi connectivity index (χ1v) is 3.27. The van der Waals surface area contributed by atoms with Gasteiger partial charge in [-0.2, -0.15) is 0 Å². The van der Waals surface area contributed by atoms with Gasteiger partial charge in [0.1, 0.15) is 0 Å². The number of nitrogens with zero attached hydrogens (tertiary/aromatic N) is 1. The van der Waals surface area contributed by atoms with E-state index in [4.69, 9.17) is 10.8 Å². The first-order valence-electron chi connectivity index (χ1n) is 3.27. The Morgan fingerprint density at radius 3 is 2.55 bits per heavy atom. The van der Waals surface area contributed by atoms with E-state index < -0.39 is 0 Å². The first kappa shape index (κ1) is 13.3. The van der Waals surface area contributed by atoms with Crippen LogP contribution in [0.2, 0.25) is 0 Å². The van der Waals surface area contributed by atoms with E-state index in [0.717, 1.165) is 0 Å². The molecule has 0 atom stereocenters. The smallest absolute Gasteiger partial charge is 0.223 e. The van der Waals surface area contributed by atoms with E-state index in [-0.39, 0.29) is 24.9 Å². The number of hydrogen-bond donors (Lipinski definition) is 2. The highest BCUT2D eigenvalue weighted by atomic mass is 35.5. The predicted molar refractivity (Wildman–Crippen MR) is 45.6 cm³/mol. The summed E-state index contributed by atoms with van der Waals surface area (Å²) >= 11 is 0. The fourth-order valence-corrected chi connectivity index (χ4v) is 0.589. The van der Waals surface area contributed by atoms with Gasteiger partial charge in [0.2, 0.25) is 5.91 Å². The van der Waals surface area contributed by atoms with Crippen molar-refractivity contribution in [3.63, 3.8) is 0 Å². The van der Waals surface area contributed by atoms with Crippen molar-refractivity contribution in [2.75, 3.05) is 26.7 Å². The molecule has 11 heavy (non-hydrogen) atoms. The van der Waals surface area contributed by atoms with Gasteiger partial charge in [0, 0.05) is 26.6 Å². The SMILES string of the molecule is CN(CCO)C(=O)CCN.Cl. The number of carbonyl (C=O) groups excluding carboxylic acids is 1. The molecule has 4 nitrogen and oxygen atoms in total. The van der Waals surface area contributed by atoms with Gasteiger partial charge in [-0.15, -0.1) is 12.4 Å². The van der Waals surface area contributed by atoms with Crippen LogP contribution in [0.3, 0.4) is 0 Å². The quantitative estimate of drug-likeness (QED) is 0.599. The molecule has 0 aliphatic heterocycles. The molecule has 0 spiro atoms. The van der Waals surface area contributed by atoms with Crippen molar-refractivity contribution in [3.8, 4) is 0 Å². The first-order chi connectivity index (χ1) is 4.72. The number of likely N-dealkylation sites (N-methyl/N-ethyl adjacent to an activating group) is 1. The summed E-state index contributed by atoms with van der Waals surface area (Å²) in [5.41, 5.74) is 5.15. The van der Waals surface area contributed by atoms with E-state index in [2.05, 4.69) is 0 Å². The molecule has 0 heterocycles. The highest BCUT2D eigenvalue weighted by Crippen LogP contribution is 1.86. The van der Waals surface area contributed by atoms with Crippen molar-refractivity contribution in [2.45, 2.75) is 6.42 Å². The third kappa shape index (κ3) is 6.09. The van der Waals surface area contributed by atoms with Crippen molar-refractivity contribution in [1.82, 2.24) is 4.90 Å². The van der Waals surface area contributed by atoms with Gasteiger partial charge in [0.05, 0.1) is 6.61 Å². The average Bonchev–Trinajstić information content (AvgIpc) is 1.89. The van der Waals surface area contributed by atoms with Crippen molar-refractivity contribution in [1.29, 1.82) is 0 Å². The molecule has 0 saturated carbocycles. The molecule has 0 bridgehead atoms. The molecule has 68 valence electrons. The summed E-state index contributed by atoms with van der Waals surface area (Å²) in [6.45, 7) is 0.764. The van der Waals surface area contributed by atoms with Gasteiger partial charge >= 0.3 is 0 Å². The number of rotatable bonds is 4. The second kappa shape index (κ2) is 7.78. The number of nitrogens with two attached hydrogens (primary N) is 1. The molecule has 0 aromatic rings. The van der Waals surface area contributed by atoms with Crippen LogP contribution in [0.15, 0.2) is 0 Å². The molecule has 5 heteroatoms. The van der Waals surface area contributed by atoms with Crippen LogP contribution in [0.1, 0.15) is 6.42 Å². The number of amides is 1. The standard InChI is InChI=1S/C6H14N2O2.ClH/c1-8(4-5-9)6(10)2-3-7;/h9H,2-5,7H2,1H3;1H. The van der Waals surface area contributed by atoms with Crippen molar-refractivity contribution in [2.24, 2.45) is 5.73 Å². The lowest BCUT2D eigenvalue weighted by molar-refractivity contribution is -0.130. The molecule has 0 fully saturated rings. The van der Waals surface area contributed by atoms with Crippen LogP contribution in [-0.4, -0.2) is 42.7 Å². The van der Waals surface area contributed by atoms with Crippen molar-refractivity contribution >= 4 is 18.3 Å². The van der Waals surface area contributed by atoms with Crippen molar-refractivity contribution < 1.29 is 9.90 Å². The minimum Gasteiger partial charge on any atom is -0.395 e. The van der Waals surface area contributed by atoms with Crippen LogP contribution in [0.25, 0.3) is 0 Å². The number of halogens is 1. The number of hydrogen-bond acceptors (Lipinski definition) is 3. The molecule has 0 rings (SSSR count). The molecular formula is C6H15ClN2O2. The summed E-state index contributed by atoms with van der Waals surface area (Å²) in [5.74, 6) is -0.0171. The van der Waals surface area contributed by atoms with Crippen LogP contribution < -0.4 is 5.73 Å². The van der Waals surface area contributed by atoms with Gasteiger partial charge in [-0.3, -0.25) is 4.79 Å². The van der Waals surface area contributed by atoms with Gasteiger partial charge in [-0.1, -0.05) is 0 Å². The fraction of sp³-hybridized carbons (Fsp3) is 0.833. The summed E-state index contributed by atoms with van der Waals surface area (Å²) in [7, 11) is 1.65. The molecule has 1 amide bonds. The Labute approximate surface area is 72.8 Å². The van der Waals surface area contributed by atoms with Crippen LogP contribution in [0, 0.1) is 0 Å². The van der Waals surface area contributed by atoms with Crippen LogP contribution in [-0.2, 0) is 4.79 Å². The normalized spacial score (nSPS) is 8.64. The Bertz CT molecular complexity index is 111. The number of aliphatic hydroxyl groups excluding tert-OH is 1. The Morgan fingerprint density at radius 2 is 2.18 bits per heavy atom. The third-order valence-corrected chi connectivity index (χ3v) is 1.22. The highest BCUT2D eigenvalue weighted by Gasteiger charge is 2.04. The zero-order valence-corrected chi connectivity index (χ0v) is 7.43. The highest BCUT2D eigenvalue weighted by molar-refractivity contribution is 5.85. The van der Waals surface area contributed by atoms with Crippen LogP contribution in [0.4, 0.5) is 0 Å². The zero-order chi connectivity index (χ0) is 7.98. The van der Waals surface area contributed by atoms with Gasteiger partial charge in [-0.05, 0) is 0 Å². The van der Waals surface area contributed by atoms with Gasteiger partial charge < -0.3 is 15.7 Å². The maximum atomic E-state index is 10.9. The molecule has 0 unspecified atom stereocenters. The summed E-state index contributed by atoms with van der Waals surface area (Å²) in [6, 6.07) is 0. The minimum absolute atomic E-state index is 0. The second-order valence-electron chi connectivity index (χ2n) is 2.08.